The number of piperidine rings is 1. The van der Waals surface area contributed by atoms with Gasteiger partial charge in [-0.25, -0.2) is 0 Å². The fourth-order valence-corrected chi connectivity index (χ4v) is 1.64. The van der Waals surface area contributed by atoms with Gasteiger partial charge < -0.3 is 10.0 Å². The smallest absolute Gasteiger partial charge is 0.240 e. The fourth-order valence-electron chi connectivity index (χ4n) is 1.50. The summed E-state index contributed by atoms with van der Waals surface area (Å²) in [4.78, 5) is 13.1. The Bertz CT molecular complexity index is 196. The number of hydrogen-bond donors (Lipinski definition) is 1. The van der Waals surface area contributed by atoms with Gasteiger partial charge in [0, 0.05) is 13.1 Å². The van der Waals surface area contributed by atoms with E-state index in [4.69, 9.17) is 11.6 Å². The van der Waals surface area contributed by atoms with Gasteiger partial charge in [-0.15, -0.1) is 11.6 Å². The maximum Gasteiger partial charge on any atom is 0.240 e. The first-order valence-electron chi connectivity index (χ1n) is 4.63. The molecule has 0 spiro atoms. The van der Waals surface area contributed by atoms with Gasteiger partial charge in [0.2, 0.25) is 5.91 Å². The first kappa shape index (κ1) is 10.8. The second-order valence-corrected chi connectivity index (χ2v) is 4.39. The minimum absolute atomic E-state index is 0.0763. The van der Waals surface area contributed by atoms with Crippen LogP contribution in [0.15, 0.2) is 0 Å². The van der Waals surface area contributed by atoms with Crippen molar-refractivity contribution < 1.29 is 9.90 Å². The van der Waals surface area contributed by atoms with Crippen molar-refractivity contribution in [2.75, 3.05) is 13.1 Å². The lowest BCUT2D eigenvalue weighted by atomic mass is 9.96. The van der Waals surface area contributed by atoms with E-state index < -0.39 is 11.5 Å². The standard InChI is InChI=1S/C9H16ClNO2/c1-6-3-4-11(5-8(6)12)9(13)7(2)10/h6-8,12H,3-5H2,1-2H3. The molecule has 3 nitrogen and oxygen atoms in total. The van der Waals surface area contributed by atoms with Crippen molar-refractivity contribution in [3.63, 3.8) is 0 Å². The number of amides is 1. The number of alkyl halides is 1. The SMILES string of the molecule is CC(Cl)C(=O)N1CCC(C)C(O)C1. The number of hydrogen-bond acceptors (Lipinski definition) is 2. The van der Waals surface area contributed by atoms with Crippen molar-refractivity contribution in [2.45, 2.75) is 31.7 Å². The zero-order chi connectivity index (χ0) is 10.0. The highest BCUT2D eigenvalue weighted by Crippen LogP contribution is 2.18. The molecule has 3 atom stereocenters. The number of aliphatic hydroxyl groups is 1. The predicted molar refractivity (Wildman–Crippen MR) is 51.7 cm³/mol. The van der Waals surface area contributed by atoms with Gasteiger partial charge in [0.05, 0.1) is 6.10 Å². The summed E-state index contributed by atoms with van der Waals surface area (Å²) in [6.07, 6.45) is 0.462. The topological polar surface area (TPSA) is 40.5 Å². The van der Waals surface area contributed by atoms with Crippen LogP contribution in [0.5, 0.6) is 0 Å². The monoisotopic (exact) mass is 205 g/mol. The quantitative estimate of drug-likeness (QED) is 0.645. The van der Waals surface area contributed by atoms with Gasteiger partial charge in [0.15, 0.2) is 0 Å². The number of halogens is 1. The van der Waals surface area contributed by atoms with Crippen molar-refractivity contribution in [1.82, 2.24) is 4.90 Å². The van der Waals surface area contributed by atoms with E-state index in [1.807, 2.05) is 6.92 Å². The van der Waals surface area contributed by atoms with E-state index in [9.17, 15) is 9.90 Å². The first-order valence-corrected chi connectivity index (χ1v) is 5.07. The van der Waals surface area contributed by atoms with Crippen LogP contribution in [-0.2, 0) is 4.79 Å². The minimum Gasteiger partial charge on any atom is -0.391 e. The molecule has 1 aliphatic heterocycles. The zero-order valence-electron chi connectivity index (χ0n) is 8.03. The maximum atomic E-state index is 11.4. The lowest BCUT2D eigenvalue weighted by Crippen LogP contribution is -2.47. The summed E-state index contributed by atoms with van der Waals surface area (Å²) in [7, 11) is 0. The Balaban J connectivity index is 2.50. The van der Waals surface area contributed by atoms with E-state index in [0.717, 1.165) is 6.42 Å². The Morgan fingerprint density at radius 3 is 2.77 bits per heavy atom. The summed E-state index contributed by atoms with van der Waals surface area (Å²) in [5, 5.41) is 9.06. The largest absolute Gasteiger partial charge is 0.391 e. The summed E-state index contributed by atoms with van der Waals surface area (Å²) in [5.41, 5.74) is 0. The molecule has 76 valence electrons. The number of nitrogens with zero attached hydrogens (tertiary/aromatic N) is 1. The molecule has 1 fully saturated rings. The summed E-state index contributed by atoms with van der Waals surface area (Å²) in [5.74, 6) is 0.210. The number of rotatable bonds is 1. The van der Waals surface area contributed by atoms with Crippen LogP contribution in [0.25, 0.3) is 0 Å². The summed E-state index contributed by atoms with van der Waals surface area (Å²) in [6, 6.07) is 0. The van der Waals surface area contributed by atoms with Gasteiger partial charge in [-0.2, -0.15) is 0 Å². The molecule has 3 unspecified atom stereocenters. The number of β-amino-alcohol motifs (C(OH)–C–C–N with tert-alkyl or cyclic N) is 1. The molecule has 0 saturated carbocycles. The van der Waals surface area contributed by atoms with Crippen LogP contribution in [-0.4, -0.2) is 40.5 Å². The van der Waals surface area contributed by atoms with E-state index in [0.29, 0.717) is 13.1 Å². The average Bonchev–Trinajstić information content (AvgIpc) is 2.08. The molecule has 1 N–H and O–H groups in total. The number of carbonyl (C=O) groups excluding carboxylic acids is 1. The Morgan fingerprint density at radius 2 is 2.31 bits per heavy atom. The number of carbonyl (C=O) groups is 1. The predicted octanol–water partition coefficient (Wildman–Crippen LogP) is 0.843. The normalized spacial score (nSPS) is 31.5. The average molecular weight is 206 g/mol. The Kier molecular flexibility index (Phi) is 3.56. The van der Waals surface area contributed by atoms with Crippen molar-refractivity contribution in [1.29, 1.82) is 0 Å². The molecule has 13 heavy (non-hydrogen) atoms. The molecule has 0 radical (unpaired) electrons. The minimum atomic E-state index is -0.486. The molecular weight excluding hydrogens is 190 g/mol. The Labute approximate surface area is 83.7 Å². The maximum absolute atomic E-state index is 11.4. The zero-order valence-corrected chi connectivity index (χ0v) is 8.79. The van der Waals surface area contributed by atoms with Crippen LogP contribution >= 0.6 is 11.6 Å². The molecule has 1 aliphatic rings. The van der Waals surface area contributed by atoms with Crippen molar-refractivity contribution in [3.8, 4) is 0 Å². The highest BCUT2D eigenvalue weighted by molar-refractivity contribution is 6.30. The van der Waals surface area contributed by atoms with Gasteiger partial charge in [-0.3, -0.25) is 4.79 Å². The molecule has 1 amide bonds. The third-order valence-corrected chi connectivity index (χ3v) is 2.76. The number of likely N-dealkylation sites (tertiary alicyclic amines) is 1. The van der Waals surface area contributed by atoms with E-state index >= 15 is 0 Å². The Morgan fingerprint density at radius 1 is 1.69 bits per heavy atom. The van der Waals surface area contributed by atoms with Crippen LogP contribution < -0.4 is 0 Å². The van der Waals surface area contributed by atoms with Crippen LogP contribution in [0.1, 0.15) is 20.3 Å². The molecule has 0 aromatic rings. The second kappa shape index (κ2) is 4.29. The van der Waals surface area contributed by atoms with Gasteiger partial charge in [0.1, 0.15) is 5.38 Å². The molecule has 0 aliphatic carbocycles. The molecule has 1 saturated heterocycles. The van der Waals surface area contributed by atoms with Crippen molar-refractivity contribution in [2.24, 2.45) is 5.92 Å². The Hall–Kier alpha value is -0.280. The molecular formula is C9H16ClNO2. The van der Waals surface area contributed by atoms with Crippen LogP contribution in [0, 0.1) is 5.92 Å². The highest BCUT2D eigenvalue weighted by Gasteiger charge is 2.28. The summed E-state index contributed by atoms with van der Waals surface area (Å²) >= 11 is 5.67. The van der Waals surface area contributed by atoms with Crippen LogP contribution in [0.2, 0.25) is 0 Å². The summed E-state index contributed by atoms with van der Waals surface area (Å²) in [6.45, 7) is 4.80. The van der Waals surface area contributed by atoms with E-state index in [1.165, 1.54) is 0 Å². The van der Waals surface area contributed by atoms with Crippen molar-refractivity contribution >= 4 is 17.5 Å². The van der Waals surface area contributed by atoms with Crippen molar-refractivity contribution in [3.05, 3.63) is 0 Å². The second-order valence-electron chi connectivity index (χ2n) is 3.73. The third-order valence-electron chi connectivity index (χ3n) is 2.57. The highest BCUT2D eigenvalue weighted by atomic mass is 35.5. The molecule has 1 rings (SSSR count). The fraction of sp³-hybridized carbons (Fsp3) is 0.889. The molecule has 0 bridgehead atoms. The molecule has 0 aromatic carbocycles. The van der Waals surface area contributed by atoms with E-state index in [2.05, 4.69) is 0 Å². The lowest BCUT2D eigenvalue weighted by molar-refractivity contribution is -0.134. The van der Waals surface area contributed by atoms with E-state index in [1.54, 1.807) is 11.8 Å². The van der Waals surface area contributed by atoms with Crippen LogP contribution in [0.3, 0.4) is 0 Å². The van der Waals surface area contributed by atoms with Gasteiger partial charge >= 0.3 is 0 Å². The van der Waals surface area contributed by atoms with E-state index in [-0.39, 0.29) is 11.8 Å². The lowest BCUT2D eigenvalue weighted by Gasteiger charge is -2.34. The first-order chi connectivity index (χ1) is 6.02. The molecule has 0 aromatic heterocycles. The van der Waals surface area contributed by atoms with Crippen LogP contribution in [0.4, 0.5) is 0 Å². The van der Waals surface area contributed by atoms with Gasteiger partial charge in [-0.05, 0) is 19.3 Å². The van der Waals surface area contributed by atoms with Gasteiger partial charge in [0.25, 0.3) is 0 Å². The molecule has 1 heterocycles. The summed E-state index contributed by atoms with van der Waals surface area (Å²) < 4.78 is 0. The molecule has 4 heteroatoms. The number of aliphatic hydroxyl groups excluding tert-OH is 1. The van der Waals surface area contributed by atoms with Gasteiger partial charge in [-0.1, -0.05) is 6.92 Å². The third kappa shape index (κ3) is 2.58.